The number of para-hydroxylation sites is 1. The molecule has 0 aliphatic rings. The fourth-order valence-electron chi connectivity index (χ4n) is 3.01. The molecular weight excluding hydrogens is 376 g/mol. The molecule has 4 aromatic rings. The van der Waals surface area contributed by atoms with Gasteiger partial charge in [-0.25, -0.2) is 15.0 Å². The van der Waals surface area contributed by atoms with Crippen LogP contribution in [0.4, 0.5) is 5.13 Å². The summed E-state index contributed by atoms with van der Waals surface area (Å²) in [6, 6.07) is 5.42. The predicted octanol–water partition coefficient (Wildman–Crippen LogP) is 2.51. The Morgan fingerprint density at radius 2 is 2.07 bits per heavy atom. The van der Waals surface area contributed by atoms with E-state index in [1.807, 2.05) is 43.8 Å². The van der Waals surface area contributed by atoms with Gasteiger partial charge in [-0.15, -0.1) is 0 Å². The predicted molar refractivity (Wildman–Crippen MR) is 108 cm³/mol. The number of benzene rings is 1. The van der Waals surface area contributed by atoms with Crippen LogP contribution in [0.15, 0.2) is 41.7 Å². The molecule has 9 heteroatoms. The summed E-state index contributed by atoms with van der Waals surface area (Å²) in [5, 5.41) is 3.73. The van der Waals surface area contributed by atoms with Crippen molar-refractivity contribution in [3.05, 3.63) is 58.5 Å². The Labute approximate surface area is 164 Å². The molecule has 28 heavy (non-hydrogen) atoms. The molecule has 0 fully saturated rings. The Morgan fingerprint density at radius 1 is 1.25 bits per heavy atom. The second-order valence-corrected chi connectivity index (χ2v) is 7.49. The molecule has 0 unspecified atom stereocenters. The average Bonchev–Trinajstić information content (AvgIpc) is 3.23. The third-order valence-corrected chi connectivity index (χ3v) is 5.51. The number of nitrogens with one attached hydrogen (secondary N) is 1. The lowest BCUT2D eigenvalue weighted by atomic mass is 10.1. The van der Waals surface area contributed by atoms with Gasteiger partial charge in [0.1, 0.15) is 6.54 Å². The lowest BCUT2D eigenvalue weighted by Crippen LogP contribution is -2.28. The van der Waals surface area contributed by atoms with Crippen LogP contribution in [0.5, 0.6) is 0 Å². The third-order valence-electron chi connectivity index (χ3n) is 4.44. The van der Waals surface area contributed by atoms with Crippen molar-refractivity contribution in [1.82, 2.24) is 24.1 Å². The first-order valence-corrected chi connectivity index (χ1v) is 9.45. The van der Waals surface area contributed by atoms with Crippen molar-refractivity contribution in [3.63, 3.8) is 0 Å². The number of anilines is 1. The van der Waals surface area contributed by atoms with Gasteiger partial charge in [0.2, 0.25) is 5.91 Å². The molecule has 0 aliphatic heterocycles. The largest absolute Gasteiger partial charge is 0.333 e. The van der Waals surface area contributed by atoms with Crippen molar-refractivity contribution in [2.24, 2.45) is 7.05 Å². The van der Waals surface area contributed by atoms with Crippen molar-refractivity contribution in [3.8, 4) is 10.7 Å². The summed E-state index contributed by atoms with van der Waals surface area (Å²) in [7, 11) is 1.90. The second kappa shape index (κ2) is 7.01. The van der Waals surface area contributed by atoms with Crippen LogP contribution in [0, 0.1) is 13.8 Å². The first kappa shape index (κ1) is 18.1. The molecule has 1 aromatic carbocycles. The van der Waals surface area contributed by atoms with E-state index in [1.54, 1.807) is 12.3 Å². The molecule has 142 valence electrons. The summed E-state index contributed by atoms with van der Waals surface area (Å²) >= 11 is 1.35. The van der Waals surface area contributed by atoms with Crippen LogP contribution in [0.25, 0.3) is 21.6 Å². The number of nitrogens with zero attached hydrogens (tertiary/aromatic N) is 5. The molecule has 0 saturated heterocycles. The number of aromatic nitrogens is 5. The molecule has 0 saturated carbocycles. The zero-order chi connectivity index (χ0) is 19.8. The normalized spacial score (nSPS) is 11.1. The van der Waals surface area contributed by atoms with Gasteiger partial charge in [0.15, 0.2) is 11.0 Å². The molecule has 1 amide bonds. The van der Waals surface area contributed by atoms with E-state index < -0.39 is 0 Å². The first-order valence-electron chi connectivity index (χ1n) is 8.64. The number of carbonyl (C=O) groups is 1. The van der Waals surface area contributed by atoms with Crippen molar-refractivity contribution in [2.75, 3.05) is 5.32 Å². The number of carbonyl (C=O) groups excluding carboxylic acids is 1. The van der Waals surface area contributed by atoms with Gasteiger partial charge in [-0.2, -0.15) is 0 Å². The van der Waals surface area contributed by atoms with Gasteiger partial charge in [0, 0.05) is 19.4 Å². The summed E-state index contributed by atoms with van der Waals surface area (Å²) in [6.07, 6.45) is 4.98. The lowest BCUT2D eigenvalue weighted by Gasteiger charge is -2.07. The molecule has 3 aromatic heterocycles. The molecule has 1 N–H and O–H groups in total. The van der Waals surface area contributed by atoms with Crippen molar-refractivity contribution in [1.29, 1.82) is 0 Å². The highest BCUT2D eigenvalue weighted by atomic mass is 32.1. The Balaban J connectivity index is 1.56. The minimum Gasteiger partial charge on any atom is -0.333 e. The zero-order valence-electron chi connectivity index (χ0n) is 15.6. The molecule has 8 nitrogen and oxygen atoms in total. The van der Waals surface area contributed by atoms with E-state index in [4.69, 9.17) is 0 Å². The van der Waals surface area contributed by atoms with Gasteiger partial charge in [0.05, 0.1) is 27.8 Å². The van der Waals surface area contributed by atoms with Crippen LogP contribution in [0.3, 0.4) is 0 Å². The summed E-state index contributed by atoms with van der Waals surface area (Å²) < 4.78 is 3.20. The number of hydrogen-bond acceptors (Lipinski definition) is 6. The fraction of sp³-hybridized carbons (Fsp3) is 0.211. The maximum Gasteiger partial charge on any atom is 0.261 e. The summed E-state index contributed by atoms with van der Waals surface area (Å²) in [6.45, 7) is 3.64. The molecule has 0 aliphatic carbocycles. The maximum atomic E-state index is 12.6. The van der Waals surface area contributed by atoms with Crippen LogP contribution >= 0.6 is 11.3 Å². The van der Waals surface area contributed by atoms with E-state index in [1.165, 1.54) is 22.2 Å². The minimum atomic E-state index is -0.337. The molecule has 0 spiro atoms. The average molecular weight is 394 g/mol. The van der Waals surface area contributed by atoms with Crippen LogP contribution < -0.4 is 10.9 Å². The number of aryl methyl sites for hydroxylation is 3. The number of fused-ring (bicyclic) bond motifs is 1. The summed E-state index contributed by atoms with van der Waals surface area (Å²) in [5.41, 5.74) is 2.12. The van der Waals surface area contributed by atoms with Crippen LogP contribution in [0.2, 0.25) is 0 Å². The molecular formula is C19H18N6O2S. The molecule has 0 radical (unpaired) electrons. The van der Waals surface area contributed by atoms with Gasteiger partial charge in [-0.05, 0) is 25.5 Å². The standard InChI is InChI=1S/C19H18N6O2S/c1-11-5-4-6-13-15(11)21-10-25(18(13)27)9-14(26)23-19-22-12(2)16(28-19)17-20-7-8-24(17)3/h4-8,10H,9H2,1-3H3,(H,22,23,26). The Bertz CT molecular complexity index is 1250. The minimum absolute atomic E-state index is 0.133. The highest BCUT2D eigenvalue weighted by molar-refractivity contribution is 7.19. The number of thiazole rings is 1. The highest BCUT2D eigenvalue weighted by Crippen LogP contribution is 2.31. The van der Waals surface area contributed by atoms with E-state index in [9.17, 15) is 9.59 Å². The Hall–Kier alpha value is -3.33. The second-order valence-electron chi connectivity index (χ2n) is 6.49. The highest BCUT2D eigenvalue weighted by Gasteiger charge is 2.16. The lowest BCUT2D eigenvalue weighted by molar-refractivity contribution is -0.116. The van der Waals surface area contributed by atoms with Crippen molar-refractivity contribution < 1.29 is 4.79 Å². The molecule has 4 rings (SSSR count). The SMILES string of the molecule is Cc1nc(NC(=O)Cn2cnc3c(C)cccc3c2=O)sc1-c1nccn1C. The molecule has 3 heterocycles. The van der Waals surface area contributed by atoms with Gasteiger partial charge in [-0.3, -0.25) is 14.2 Å². The fourth-order valence-corrected chi connectivity index (χ4v) is 4.03. The van der Waals surface area contributed by atoms with Crippen molar-refractivity contribution in [2.45, 2.75) is 20.4 Å². The van der Waals surface area contributed by atoms with Crippen LogP contribution in [-0.2, 0) is 18.4 Å². The quantitative estimate of drug-likeness (QED) is 0.574. The number of hydrogen-bond donors (Lipinski definition) is 1. The van der Waals surface area contributed by atoms with E-state index in [2.05, 4.69) is 20.3 Å². The van der Waals surface area contributed by atoms with E-state index >= 15 is 0 Å². The Kier molecular flexibility index (Phi) is 4.52. The van der Waals surface area contributed by atoms with Gasteiger partial charge in [0.25, 0.3) is 5.56 Å². The summed E-state index contributed by atoms with van der Waals surface area (Å²) in [4.78, 5) is 39.0. The van der Waals surface area contributed by atoms with Crippen LogP contribution in [0.1, 0.15) is 11.3 Å². The number of rotatable bonds is 4. The topological polar surface area (TPSA) is 94.7 Å². The Morgan fingerprint density at radius 3 is 2.82 bits per heavy atom. The molecule has 0 atom stereocenters. The smallest absolute Gasteiger partial charge is 0.261 e. The van der Waals surface area contributed by atoms with Crippen molar-refractivity contribution >= 4 is 33.3 Å². The van der Waals surface area contributed by atoms with E-state index in [0.717, 1.165) is 22.0 Å². The zero-order valence-corrected chi connectivity index (χ0v) is 16.4. The maximum absolute atomic E-state index is 12.6. The van der Waals surface area contributed by atoms with Gasteiger partial charge < -0.3 is 9.88 Å². The van der Waals surface area contributed by atoms with Crippen LogP contribution in [-0.4, -0.2) is 30.0 Å². The monoisotopic (exact) mass is 394 g/mol. The first-order chi connectivity index (χ1) is 13.4. The van der Waals surface area contributed by atoms with Gasteiger partial charge >= 0.3 is 0 Å². The molecule has 0 bridgehead atoms. The van der Waals surface area contributed by atoms with Gasteiger partial charge in [-0.1, -0.05) is 23.5 Å². The summed E-state index contributed by atoms with van der Waals surface area (Å²) in [5.74, 6) is 0.455. The number of imidazole rings is 1. The number of amides is 1. The third kappa shape index (κ3) is 3.20. The van der Waals surface area contributed by atoms with E-state index in [-0.39, 0.29) is 18.0 Å². The van der Waals surface area contributed by atoms with E-state index in [0.29, 0.717) is 16.0 Å².